The number of urea groups is 1. The first-order chi connectivity index (χ1) is 10.1. The average Bonchev–Trinajstić information content (AvgIpc) is 2.44. The fourth-order valence-corrected chi connectivity index (χ4v) is 2.08. The van der Waals surface area contributed by atoms with Gasteiger partial charge in [0.05, 0.1) is 0 Å². The summed E-state index contributed by atoms with van der Waals surface area (Å²) in [5, 5.41) is 14.7. The average molecular weight is 287 g/mol. The van der Waals surface area contributed by atoms with Crippen LogP contribution in [0.5, 0.6) is 0 Å². The zero-order chi connectivity index (χ0) is 15.2. The number of hydrogen-bond acceptors (Lipinski definition) is 3. The Labute approximate surface area is 122 Å². The monoisotopic (exact) mass is 287 g/mol. The molecular formula is C15H17N3O3. The second-order valence-electron chi connectivity index (χ2n) is 4.68. The lowest BCUT2D eigenvalue weighted by Gasteiger charge is -2.16. The maximum Gasteiger partial charge on any atom is 0.329 e. The highest BCUT2D eigenvalue weighted by atomic mass is 16.4. The molecule has 0 atom stereocenters. The van der Waals surface area contributed by atoms with Crippen LogP contribution in [0.3, 0.4) is 0 Å². The van der Waals surface area contributed by atoms with Gasteiger partial charge in [-0.3, -0.25) is 10.2 Å². The topological polar surface area (TPSA) is 81.7 Å². The largest absolute Gasteiger partial charge is 0.480 e. The molecule has 0 bridgehead atoms. The van der Waals surface area contributed by atoms with E-state index in [0.717, 1.165) is 16.3 Å². The SMILES string of the molecule is CN(CC(=O)O)NC(=O)NCc1cccc2ccccc12. The highest BCUT2D eigenvalue weighted by Gasteiger charge is 2.08. The number of hydrogen-bond donors (Lipinski definition) is 3. The van der Waals surface area contributed by atoms with Gasteiger partial charge in [-0.15, -0.1) is 0 Å². The van der Waals surface area contributed by atoms with Gasteiger partial charge in [-0.2, -0.15) is 0 Å². The third kappa shape index (κ3) is 4.19. The molecule has 6 heteroatoms. The molecule has 6 nitrogen and oxygen atoms in total. The minimum Gasteiger partial charge on any atom is -0.480 e. The number of benzene rings is 2. The van der Waals surface area contributed by atoms with Crippen molar-refractivity contribution < 1.29 is 14.7 Å². The summed E-state index contributed by atoms with van der Waals surface area (Å²) in [6.45, 7) is 0.107. The lowest BCUT2D eigenvalue weighted by molar-refractivity contribution is -0.138. The predicted molar refractivity (Wildman–Crippen MR) is 79.6 cm³/mol. The van der Waals surface area contributed by atoms with Gasteiger partial charge in [0, 0.05) is 13.6 Å². The Hall–Kier alpha value is -2.60. The van der Waals surface area contributed by atoms with E-state index in [9.17, 15) is 9.59 Å². The van der Waals surface area contributed by atoms with Crippen molar-refractivity contribution >= 4 is 22.8 Å². The number of carboxylic acids is 1. The molecule has 0 saturated carbocycles. The van der Waals surface area contributed by atoms with Crippen molar-refractivity contribution in [3.8, 4) is 0 Å². The molecule has 0 spiro atoms. The summed E-state index contributed by atoms with van der Waals surface area (Å²) >= 11 is 0. The Morgan fingerprint density at radius 2 is 1.86 bits per heavy atom. The van der Waals surface area contributed by atoms with Gasteiger partial charge in [0.2, 0.25) is 0 Å². The van der Waals surface area contributed by atoms with E-state index in [2.05, 4.69) is 10.7 Å². The van der Waals surface area contributed by atoms with E-state index in [4.69, 9.17) is 5.11 Å². The van der Waals surface area contributed by atoms with Crippen LogP contribution in [0.25, 0.3) is 10.8 Å². The van der Waals surface area contributed by atoms with Crippen molar-refractivity contribution in [3.63, 3.8) is 0 Å². The lowest BCUT2D eigenvalue weighted by atomic mass is 10.0. The molecule has 0 heterocycles. The zero-order valence-electron chi connectivity index (χ0n) is 11.7. The quantitative estimate of drug-likeness (QED) is 0.729. The fraction of sp³-hybridized carbons (Fsp3) is 0.200. The number of likely N-dealkylation sites (N-methyl/N-ethyl adjacent to an activating group) is 1. The van der Waals surface area contributed by atoms with Gasteiger partial charge in [-0.05, 0) is 16.3 Å². The first-order valence-electron chi connectivity index (χ1n) is 6.50. The number of amides is 2. The van der Waals surface area contributed by atoms with E-state index < -0.39 is 12.0 Å². The standard InChI is InChI=1S/C15H17N3O3/c1-18(10-14(19)20)17-15(21)16-9-12-7-4-6-11-5-2-3-8-13(11)12/h2-8H,9-10H2,1H3,(H,19,20)(H2,16,17,21). The predicted octanol–water partition coefficient (Wildman–Crippen LogP) is 1.57. The Kier molecular flexibility index (Phi) is 4.73. The number of aliphatic carboxylic acids is 1. The van der Waals surface area contributed by atoms with Gasteiger partial charge in [0.15, 0.2) is 0 Å². The third-order valence-electron chi connectivity index (χ3n) is 2.98. The second-order valence-corrected chi connectivity index (χ2v) is 4.68. The van der Waals surface area contributed by atoms with E-state index in [0.29, 0.717) is 6.54 Å². The highest BCUT2D eigenvalue weighted by molar-refractivity contribution is 5.86. The number of carboxylic acid groups (broad SMARTS) is 1. The molecule has 2 amide bonds. The number of carbonyl (C=O) groups excluding carboxylic acids is 1. The molecular weight excluding hydrogens is 270 g/mol. The first-order valence-corrected chi connectivity index (χ1v) is 6.50. The lowest BCUT2D eigenvalue weighted by Crippen LogP contribution is -2.46. The van der Waals surface area contributed by atoms with Crippen LogP contribution in [0.4, 0.5) is 4.79 Å². The summed E-state index contributed by atoms with van der Waals surface area (Å²) in [6, 6.07) is 13.4. The minimum atomic E-state index is -1.01. The number of nitrogens with one attached hydrogen (secondary N) is 2. The summed E-state index contributed by atoms with van der Waals surface area (Å²) in [4.78, 5) is 22.2. The Bertz CT molecular complexity index is 652. The molecule has 3 N–H and O–H groups in total. The molecule has 0 unspecified atom stereocenters. The van der Waals surface area contributed by atoms with Gasteiger partial charge in [-0.1, -0.05) is 42.5 Å². The first kappa shape index (κ1) is 14.8. The Morgan fingerprint density at radius 3 is 2.62 bits per heavy atom. The summed E-state index contributed by atoms with van der Waals surface area (Å²) < 4.78 is 0. The molecule has 0 fully saturated rings. The van der Waals surface area contributed by atoms with Gasteiger partial charge >= 0.3 is 12.0 Å². The van der Waals surface area contributed by atoms with E-state index >= 15 is 0 Å². The number of carbonyl (C=O) groups is 2. The maximum absolute atomic E-state index is 11.7. The van der Waals surface area contributed by atoms with Crippen LogP contribution >= 0.6 is 0 Å². The summed E-state index contributed by atoms with van der Waals surface area (Å²) in [7, 11) is 1.49. The maximum atomic E-state index is 11.7. The molecule has 0 aliphatic carbocycles. The van der Waals surface area contributed by atoms with Crippen LogP contribution in [-0.4, -0.2) is 35.7 Å². The minimum absolute atomic E-state index is 0.262. The van der Waals surface area contributed by atoms with Crippen LogP contribution in [-0.2, 0) is 11.3 Å². The molecule has 0 radical (unpaired) electrons. The fourth-order valence-electron chi connectivity index (χ4n) is 2.08. The zero-order valence-corrected chi connectivity index (χ0v) is 11.7. The van der Waals surface area contributed by atoms with Crippen LogP contribution in [0.2, 0.25) is 0 Å². The van der Waals surface area contributed by atoms with Crippen molar-refractivity contribution in [3.05, 3.63) is 48.0 Å². The van der Waals surface area contributed by atoms with E-state index in [1.54, 1.807) is 0 Å². The number of hydrazine groups is 1. The summed E-state index contributed by atoms with van der Waals surface area (Å²) in [6.07, 6.45) is 0. The van der Waals surface area contributed by atoms with Crippen molar-refractivity contribution in [1.82, 2.24) is 15.8 Å². The molecule has 2 aromatic rings. The molecule has 0 aliphatic heterocycles. The number of fused-ring (bicyclic) bond motifs is 1. The molecule has 110 valence electrons. The van der Waals surface area contributed by atoms with Gasteiger partial charge in [0.1, 0.15) is 6.54 Å². The van der Waals surface area contributed by atoms with Crippen molar-refractivity contribution in [2.75, 3.05) is 13.6 Å². The van der Waals surface area contributed by atoms with E-state index in [1.807, 2.05) is 42.5 Å². The highest BCUT2D eigenvalue weighted by Crippen LogP contribution is 2.18. The molecule has 0 aromatic heterocycles. The van der Waals surface area contributed by atoms with Crippen LogP contribution < -0.4 is 10.7 Å². The van der Waals surface area contributed by atoms with Gasteiger partial charge in [0.25, 0.3) is 0 Å². The van der Waals surface area contributed by atoms with Crippen molar-refractivity contribution in [2.45, 2.75) is 6.54 Å². The summed E-state index contributed by atoms with van der Waals surface area (Å²) in [5.74, 6) is -1.01. The van der Waals surface area contributed by atoms with Crippen molar-refractivity contribution in [2.24, 2.45) is 0 Å². The molecule has 2 rings (SSSR count). The van der Waals surface area contributed by atoms with Crippen LogP contribution in [0.15, 0.2) is 42.5 Å². The second kappa shape index (κ2) is 6.71. The van der Waals surface area contributed by atoms with E-state index in [-0.39, 0.29) is 6.54 Å². The molecule has 0 aliphatic rings. The molecule has 0 saturated heterocycles. The van der Waals surface area contributed by atoms with Gasteiger partial charge < -0.3 is 10.4 Å². The van der Waals surface area contributed by atoms with E-state index in [1.165, 1.54) is 12.1 Å². The number of nitrogens with zero attached hydrogens (tertiary/aromatic N) is 1. The number of rotatable bonds is 5. The Morgan fingerprint density at radius 1 is 1.14 bits per heavy atom. The molecule has 2 aromatic carbocycles. The third-order valence-corrected chi connectivity index (χ3v) is 2.98. The molecule has 21 heavy (non-hydrogen) atoms. The van der Waals surface area contributed by atoms with Crippen LogP contribution in [0.1, 0.15) is 5.56 Å². The smallest absolute Gasteiger partial charge is 0.329 e. The van der Waals surface area contributed by atoms with Crippen molar-refractivity contribution in [1.29, 1.82) is 0 Å². The normalized spacial score (nSPS) is 10.6. The summed E-state index contributed by atoms with van der Waals surface area (Å²) in [5.41, 5.74) is 3.44. The van der Waals surface area contributed by atoms with Gasteiger partial charge in [-0.25, -0.2) is 9.80 Å². The van der Waals surface area contributed by atoms with Crippen LogP contribution in [0, 0.1) is 0 Å². The Balaban J connectivity index is 1.95.